The van der Waals surface area contributed by atoms with Crippen molar-refractivity contribution in [3.05, 3.63) is 106 Å². The van der Waals surface area contributed by atoms with E-state index in [1.54, 1.807) is 43.5 Å². The van der Waals surface area contributed by atoms with E-state index in [0.717, 1.165) is 10.6 Å². The van der Waals surface area contributed by atoms with Crippen LogP contribution in [0, 0.1) is 5.92 Å². The molecule has 0 bridgehead atoms. The van der Waals surface area contributed by atoms with Gasteiger partial charge in [0, 0.05) is 22.6 Å². The molecule has 1 fully saturated rings. The van der Waals surface area contributed by atoms with Gasteiger partial charge in [-0.2, -0.15) is 5.01 Å². The fraction of sp³-hybridized carbons (Fsp3) is 0.200. The number of imide groups is 1. The Labute approximate surface area is 236 Å². The highest BCUT2D eigenvalue weighted by molar-refractivity contribution is 6.36. The van der Waals surface area contributed by atoms with Gasteiger partial charge in [-0.1, -0.05) is 60.1 Å². The van der Waals surface area contributed by atoms with E-state index in [0.29, 0.717) is 39.8 Å². The van der Waals surface area contributed by atoms with Gasteiger partial charge in [-0.3, -0.25) is 15.0 Å². The number of hydrogen-bond acceptors (Lipinski definition) is 6. The molecule has 0 aromatic heterocycles. The van der Waals surface area contributed by atoms with Crippen LogP contribution in [0.2, 0.25) is 10.0 Å². The molecule has 2 amide bonds. The lowest BCUT2D eigenvalue weighted by atomic mass is 9.56. The van der Waals surface area contributed by atoms with Crippen molar-refractivity contribution in [2.45, 2.75) is 17.8 Å². The monoisotopic (exact) mass is 564 g/mol. The van der Waals surface area contributed by atoms with Crippen LogP contribution in [0.1, 0.15) is 23.5 Å². The molecule has 9 heteroatoms. The van der Waals surface area contributed by atoms with Crippen LogP contribution in [0.15, 0.2) is 85.0 Å². The third kappa shape index (κ3) is 4.22. The Bertz CT molecular complexity index is 1500. The van der Waals surface area contributed by atoms with Crippen molar-refractivity contribution < 1.29 is 24.2 Å². The number of anilines is 1. The first-order valence-electron chi connectivity index (χ1n) is 12.2. The van der Waals surface area contributed by atoms with Gasteiger partial charge in [-0.15, -0.1) is 0 Å². The number of hydrazine groups is 1. The molecule has 2 aliphatic rings. The molecular weight excluding hydrogens is 539 g/mol. The Morgan fingerprint density at radius 3 is 2.44 bits per heavy atom. The number of phenolic OH excluding ortho intramolecular Hbond substituents is 1. The SMILES string of the molecule is C=CC1=CCC2C(=O)N(Nc3ccc(Cl)cc3Cl)C(=O)C2(c2ccc(OC)cc2)C1c1ccc(O)cc1OC. The van der Waals surface area contributed by atoms with Gasteiger partial charge in [0.25, 0.3) is 11.8 Å². The smallest absolute Gasteiger partial charge is 0.260 e. The van der Waals surface area contributed by atoms with Crippen molar-refractivity contribution in [3.8, 4) is 17.2 Å². The first kappa shape index (κ1) is 26.7. The number of amides is 2. The van der Waals surface area contributed by atoms with E-state index in [1.807, 2.05) is 18.2 Å². The summed E-state index contributed by atoms with van der Waals surface area (Å²) < 4.78 is 11.0. The summed E-state index contributed by atoms with van der Waals surface area (Å²) in [5, 5.41) is 11.9. The molecule has 1 aliphatic carbocycles. The number of hydrogen-bond donors (Lipinski definition) is 2. The summed E-state index contributed by atoms with van der Waals surface area (Å²) in [4.78, 5) is 28.7. The summed E-state index contributed by atoms with van der Waals surface area (Å²) in [6.45, 7) is 4.02. The van der Waals surface area contributed by atoms with E-state index in [9.17, 15) is 14.7 Å². The predicted octanol–water partition coefficient (Wildman–Crippen LogP) is 6.27. The number of aromatic hydroxyl groups is 1. The fourth-order valence-electron chi connectivity index (χ4n) is 5.76. The van der Waals surface area contributed by atoms with Gasteiger partial charge >= 0.3 is 0 Å². The maximum Gasteiger partial charge on any atom is 0.260 e. The molecule has 3 atom stereocenters. The van der Waals surface area contributed by atoms with Crippen LogP contribution in [-0.4, -0.2) is 36.1 Å². The van der Waals surface area contributed by atoms with Gasteiger partial charge in [0.15, 0.2) is 0 Å². The third-order valence-corrected chi connectivity index (χ3v) is 8.05. The average molecular weight is 565 g/mol. The summed E-state index contributed by atoms with van der Waals surface area (Å²) in [5.74, 6) is -1.27. The second-order valence-electron chi connectivity index (χ2n) is 9.37. The van der Waals surface area contributed by atoms with Crippen LogP contribution in [-0.2, 0) is 15.0 Å². The number of phenols is 1. The second-order valence-corrected chi connectivity index (χ2v) is 10.2. The molecule has 3 aromatic rings. The summed E-state index contributed by atoms with van der Waals surface area (Å²) >= 11 is 12.5. The number of carbonyl (C=O) groups excluding carboxylic acids is 2. The average Bonchev–Trinajstić information content (AvgIpc) is 3.16. The highest BCUT2D eigenvalue weighted by atomic mass is 35.5. The topological polar surface area (TPSA) is 88.1 Å². The predicted molar refractivity (Wildman–Crippen MR) is 150 cm³/mol. The van der Waals surface area contributed by atoms with E-state index in [2.05, 4.69) is 12.0 Å². The Morgan fingerprint density at radius 2 is 1.79 bits per heavy atom. The van der Waals surface area contributed by atoms with Crippen LogP contribution in [0.25, 0.3) is 0 Å². The molecule has 200 valence electrons. The van der Waals surface area contributed by atoms with Crippen LogP contribution < -0.4 is 14.9 Å². The number of carbonyl (C=O) groups is 2. The van der Waals surface area contributed by atoms with Crippen molar-refractivity contribution >= 4 is 40.7 Å². The number of ether oxygens (including phenoxy) is 2. The first-order valence-corrected chi connectivity index (χ1v) is 13.0. The molecule has 1 saturated heterocycles. The number of benzene rings is 3. The lowest BCUT2D eigenvalue weighted by Crippen LogP contribution is -2.48. The minimum Gasteiger partial charge on any atom is -0.508 e. The molecule has 3 aromatic carbocycles. The highest BCUT2D eigenvalue weighted by Gasteiger charge is 2.66. The standard InChI is InChI=1S/C30H26Cl2N2O5/c1-4-17-5-13-23-28(36)34(33-25-14-8-19(31)15-24(25)32)29(37)30(23,18-6-10-21(38-2)11-7-18)27(17)22-12-9-20(35)16-26(22)39-3/h4-12,14-16,23,27,33,35H,1,13H2,2-3H3. The molecule has 0 saturated carbocycles. The molecule has 7 nitrogen and oxygen atoms in total. The number of allylic oxidation sites excluding steroid dienone is 3. The van der Waals surface area contributed by atoms with E-state index in [-0.39, 0.29) is 10.8 Å². The van der Waals surface area contributed by atoms with Crippen LogP contribution >= 0.6 is 23.2 Å². The summed E-state index contributed by atoms with van der Waals surface area (Å²) in [7, 11) is 3.05. The molecule has 0 spiro atoms. The van der Waals surface area contributed by atoms with Gasteiger partial charge in [-0.05, 0) is 54.0 Å². The van der Waals surface area contributed by atoms with Crippen LogP contribution in [0.4, 0.5) is 5.69 Å². The van der Waals surface area contributed by atoms with Crippen molar-refractivity contribution in [1.29, 1.82) is 0 Å². The summed E-state index contributed by atoms with van der Waals surface area (Å²) in [5.41, 5.74) is 3.96. The Kier molecular flexibility index (Phi) is 7.05. The lowest BCUT2D eigenvalue weighted by Gasteiger charge is -2.43. The maximum atomic E-state index is 14.7. The minimum absolute atomic E-state index is 0.0140. The number of halogens is 2. The third-order valence-electron chi connectivity index (χ3n) is 7.50. The van der Waals surface area contributed by atoms with Crippen molar-refractivity contribution in [1.82, 2.24) is 5.01 Å². The zero-order chi connectivity index (χ0) is 27.9. The Balaban J connectivity index is 1.76. The molecule has 3 unspecified atom stereocenters. The number of nitrogens with one attached hydrogen (secondary N) is 1. The molecule has 2 N–H and O–H groups in total. The number of nitrogens with zero attached hydrogens (tertiary/aromatic N) is 1. The lowest BCUT2D eigenvalue weighted by molar-refractivity contribution is -0.138. The van der Waals surface area contributed by atoms with Crippen LogP contribution in [0.3, 0.4) is 0 Å². The van der Waals surface area contributed by atoms with Gasteiger partial charge in [0.2, 0.25) is 0 Å². The Morgan fingerprint density at radius 1 is 1.05 bits per heavy atom. The minimum atomic E-state index is -1.38. The number of fused-ring (bicyclic) bond motifs is 1. The molecule has 1 heterocycles. The molecule has 1 aliphatic heterocycles. The molecule has 39 heavy (non-hydrogen) atoms. The second kappa shape index (κ2) is 10.3. The number of methoxy groups -OCH3 is 2. The van der Waals surface area contributed by atoms with E-state index < -0.39 is 29.1 Å². The van der Waals surface area contributed by atoms with Crippen molar-refractivity contribution in [3.63, 3.8) is 0 Å². The first-order chi connectivity index (χ1) is 18.8. The zero-order valence-corrected chi connectivity index (χ0v) is 22.8. The Hall–Kier alpha value is -3.94. The van der Waals surface area contributed by atoms with Crippen molar-refractivity contribution in [2.24, 2.45) is 5.92 Å². The van der Waals surface area contributed by atoms with E-state index >= 15 is 0 Å². The van der Waals surface area contributed by atoms with Gasteiger partial charge in [0.1, 0.15) is 17.2 Å². The zero-order valence-electron chi connectivity index (χ0n) is 21.3. The molecular formula is C30H26Cl2N2O5. The fourth-order valence-corrected chi connectivity index (χ4v) is 6.21. The number of rotatable bonds is 7. The largest absolute Gasteiger partial charge is 0.508 e. The summed E-state index contributed by atoms with van der Waals surface area (Å²) in [6, 6.07) is 16.7. The van der Waals surface area contributed by atoms with E-state index in [4.69, 9.17) is 32.7 Å². The maximum absolute atomic E-state index is 14.7. The quantitative estimate of drug-likeness (QED) is 0.329. The normalized spacial score (nSPS) is 22.3. The van der Waals surface area contributed by atoms with Gasteiger partial charge in [0.05, 0.1) is 36.3 Å². The van der Waals surface area contributed by atoms with Gasteiger partial charge < -0.3 is 14.6 Å². The van der Waals surface area contributed by atoms with E-state index in [1.165, 1.54) is 25.3 Å². The highest BCUT2D eigenvalue weighted by Crippen LogP contribution is 2.59. The summed E-state index contributed by atoms with van der Waals surface area (Å²) in [6.07, 6.45) is 3.93. The van der Waals surface area contributed by atoms with Crippen LogP contribution in [0.5, 0.6) is 17.2 Å². The van der Waals surface area contributed by atoms with Crippen molar-refractivity contribution in [2.75, 3.05) is 19.6 Å². The molecule has 5 rings (SSSR count). The molecule has 0 radical (unpaired) electrons. The van der Waals surface area contributed by atoms with Gasteiger partial charge in [-0.25, -0.2) is 0 Å².